The van der Waals surface area contributed by atoms with E-state index in [4.69, 9.17) is 9.47 Å². The topological polar surface area (TPSA) is 67.9 Å². The van der Waals surface area contributed by atoms with Gasteiger partial charge in [-0.2, -0.15) is 0 Å². The normalized spacial score (nSPS) is 20.2. The average Bonchev–Trinajstić information content (AvgIpc) is 3.33. The summed E-state index contributed by atoms with van der Waals surface area (Å²) >= 11 is 0. The van der Waals surface area contributed by atoms with Gasteiger partial charge in [0.05, 0.1) is 5.92 Å². The van der Waals surface area contributed by atoms with Gasteiger partial charge < -0.3 is 19.7 Å². The van der Waals surface area contributed by atoms with Crippen molar-refractivity contribution in [3.8, 4) is 11.5 Å². The Morgan fingerprint density at radius 2 is 1.82 bits per heavy atom. The van der Waals surface area contributed by atoms with Crippen LogP contribution in [0.2, 0.25) is 0 Å². The van der Waals surface area contributed by atoms with Crippen molar-refractivity contribution in [2.75, 3.05) is 30.0 Å². The molecular formula is C22H22N2O4. The highest BCUT2D eigenvalue weighted by molar-refractivity contribution is 6.03. The third kappa shape index (κ3) is 3.09. The van der Waals surface area contributed by atoms with Gasteiger partial charge in [0.1, 0.15) is 13.2 Å². The van der Waals surface area contributed by atoms with Gasteiger partial charge in [0, 0.05) is 30.4 Å². The number of anilines is 2. The fourth-order valence-electron chi connectivity index (χ4n) is 4.23. The van der Waals surface area contributed by atoms with Crippen LogP contribution in [0.15, 0.2) is 36.4 Å². The summed E-state index contributed by atoms with van der Waals surface area (Å²) in [6.07, 6.45) is 3.57. The number of rotatable bonds is 3. The summed E-state index contributed by atoms with van der Waals surface area (Å²) in [6, 6.07) is 11.6. The van der Waals surface area contributed by atoms with Gasteiger partial charge in [0.25, 0.3) is 0 Å². The number of benzene rings is 2. The molecule has 0 radical (unpaired) electrons. The fraction of sp³-hybridized carbons (Fsp3) is 0.364. The van der Waals surface area contributed by atoms with Gasteiger partial charge in [-0.25, -0.2) is 0 Å². The molecule has 5 rings (SSSR count). The molecule has 1 aliphatic carbocycles. The Bertz CT molecular complexity index is 956. The number of carbonyl (C=O) groups excluding carboxylic acids is 2. The van der Waals surface area contributed by atoms with Crippen LogP contribution in [-0.4, -0.2) is 31.6 Å². The number of ether oxygens (including phenoxy) is 2. The van der Waals surface area contributed by atoms with Crippen molar-refractivity contribution in [1.82, 2.24) is 0 Å². The molecule has 1 N–H and O–H groups in total. The summed E-state index contributed by atoms with van der Waals surface area (Å²) in [5.74, 6) is 0.807. The maximum atomic E-state index is 12.7. The van der Waals surface area contributed by atoms with Gasteiger partial charge in [0.2, 0.25) is 11.8 Å². The molecule has 2 aromatic rings. The molecule has 6 heteroatoms. The van der Waals surface area contributed by atoms with Crippen molar-refractivity contribution in [3.63, 3.8) is 0 Å². The molecule has 144 valence electrons. The molecule has 2 aromatic carbocycles. The first-order valence-corrected chi connectivity index (χ1v) is 9.80. The van der Waals surface area contributed by atoms with Crippen molar-refractivity contribution in [3.05, 3.63) is 47.5 Å². The van der Waals surface area contributed by atoms with E-state index < -0.39 is 0 Å². The Hall–Kier alpha value is -3.02. The molecule has 2 aliphatic heterocycles. The van der Waals surface area contributed by atoms with Gasteiger partial charge >= 0.3 is 0 Å². The maximum absolute atomic E-state index is 12.7. The minimum absolute atomic E-state index is 0.0502. The van der Waals surface area contributed by atoms with Crippen LogP contribution in [0.5, 0.6) is 11.5 Å². The van der Waals surface area contributed by atoms with Crippen LogP contribution in [0.4, 0.5) is 11.4 Å². The highest BCUT2D eigenvalue weighted by Crippen LogP contribution is 2.36. The van der Waals surface area contributed by atoms with Gasteiger partial charge in [-0.15, -0.1) is 0 Å². The lowest BCUT2D eigenvalue weighted by atomic mass is 10.1. The van der Waals surface area contributed by atoms with Crippen LogP contribution in [0.1, 0.15) is 24.0 Å². The largest absolute Gasteiger partial charge is 0.486 e. The molecule has 2 heterocycles. The van der Waals surface area contributed by atoms with Gasteiger partial charge in [-0.05, 0) is 54.7 Å². The molecule has 6 nitrogen and oxygen atoms in total. The zero-order valence-corrected chi connectivity index (χ0v) is 15.6. The molecule has 0 aromatic heterocycles. The molecule has 2 amide bonds. The molecule has 1 fully saturated rings. The summed E-state index contributed by atoms with van der Waals surface area (Å²) < 4.78 is 11.1. The maximum Gasteiger partial charge on any atom is 0.229 e. The summed E-state index contributed by atoms with van der Waals surface area (Å²) in [6.45, 7) is 1.39. The monoisotopic (exact) mass is 378 g/mol. The Balaban J connectivity index is 1.29. The standard InChI is InChI=1S/C22H22N2O4/c25-21-11-16(22(26)23-17-5-4-14-2-1-3-15(14)10-17)13-24(21)18-6-7-19-20(12-18)28-9-8-27-19/h4-7,10,12,16H,1-3,8-9,11,13H2,(H,23,26)/t16-/m1/s1. The lowest BCUT2D eigenvalue weighted by Gasteiger charge is -2.22. The van der Waals surface area contributed by atoms with Crippen LogP contribution in [-0.2, 0) is 22.4 Å². The Morgan fingerprint density at radius 3 is 2.71 bits per heavy atom. The predicted octanol–water partition coefficient (Wildman–Crippen LogP) is 2.94. The smallest absolute Gasteiger partial charge is 0.229 e. The van der Waals surface area contributed by atoms with Crippen molar-refractivity contribution in [2.45, 2.75) is 25.7 Å². The first-order valence-electron chi connectivity index (χ1n) is 9.80. The number of carbonyl (C=O) groups is 2. The SMILES string of the molecule is O=C(Nc1ccc2c(c1)CCC2)[C@@H]1CC(=O)N(c2ccc3c(c2)OCCO3)C1. The van der Waals surface area contributed by atoms with Gasteiger partial charge in [-0.3, -0.25) is 9.59 Å². The Labute approximate surface area is 163 Å². The summed E-state index contributed by atoms with van der Waals surface area (Å²) in [5.41, 5.74) is 4.25. The van der Waals surface area contributed by atoms with E-state index >= 15 is 0 Å². The second kappa shape index (κ2) is 6.86. The van der Waals surface area contributed by atoms with Gasteiger partial charge in [0.15, 0.2) is 11.5 Å². The number of nitrogens with one attached hydrogen (secondary N) is 1. The third-order valence-electron chi connectivity index (χ3n) is 5.70. The lowest BCUT2D eigenvalue weighted by Crippen LogP contribution is -2.28. The van der Waals surface area contributed by atoms with Crippen molar-refractivity contribution >= 4 is 23.2 Å². The Kier molecular flexibility index (Phi) is 4.19. The number of fused-ring (bicyclic) bond motifs is 2. The van der Waals surface area contributed by atoms with Crippen LogP contribution in [0.25, 0.3) is 0 Å². The summed E-state index contributed by atoms with van der Waals surface area (Å²) in [4.78, 5) is 26.9. The third-order valence-corrected chi connectivity index (χ3v) is 5.70. The van der Waals surface area contributed by atoms with E-state index in [1.54, 1.807) is 4.90 Å². The van der Waals surface area contributed by atoms with Crippen LogP contribution >= 0.6 is 0 Å². The average molecular weight is 378 g/mol. The van der Waals surface area contributed by atoms with Crippen LogP contribution in [0.3, 0.4) is 0 Å². The van der Waals surface area contributed by atoms with Crippen LogP contribution in [0, 0.1) is 5.92 Å². The van der Waals surface area contributed by atoms with Gasteiger partial charge in [-0.1, -0.05) is 6.07 Å². The van der Waals surface area contributed by atoms with E-state index in [1.807, 2.05) is 24.3 Å². The number of hydrogen-bond donors (Lipinski definition) is 1. The summed E-state index contributed by atoms with van der Waals surface area (Å²) in [5, 5.41) is 2.99. The molecule has 0 bridgehead atoms. The molecular weight excluding hydrogens is 356 g/mol. The highest BCUT2D eigenvalue weighted by Gasteiger charge is 2.35. The van der Waals surface area contributed by atoms with Crippen molar-refractivity contribution in [1.29, 1.82) is 0 Å². The first kappa shape index (κ1) is 17.1. The van der Waals surface area contributed by atoms with E-state index in [2.05, 4.69) is 17.4 Å². The minimum atomic E-state index is -0.367. The number of hydrogen-bond acceptors (Lipinski definition) is 4. The fourth-order valence-corrected chi connectivity index (χ4v) is 4.23. The minimum Gasteiger partial charge on any atom is -0.486 e. The number of nitrogens with zero attached hydrogens (tertiary/aromatic N) is 1. The molecule has 1 saturated heterocycles. The zero-order valence-electron chi connectivity index (χ0n) is 15.6. The molecule has 3 aliphatic rings. The van der Waals surface area contributed by atoms with Crippen molar-refractivity contribution in [2.24, 2.45) is 5.92 Å². The Morgan fingerprint density at radius 1 is 1.00 bits per heavy atom. The van der Waals surface area contributed by atoms with Crippen molar-refractivity contribution < 1.29 is 19.1 Å². The van der Waals surface area contributed by atoms with E-state index in [0.717, 1.165) is 24.2 Å². The van der Waals surface area contributed by atoms with Crippen LogP contribution < -0.4 is 19.7 Å². The molecule has 28 heavy (non-hydrogen) atoms. The lowest BCUT2D eigenvalue weighted by molar-refractivity contribution is -0.122. The zero-order chi connectivity index (χ0) is 19.1. The summed E-state index contributed by atoms with van der Waals surface area (Å²) in [7, 11) is 0. The van der Waals surface area contributed by atoms with E-state index in [9.17, 15) is 9.59 Å². The molecule has 1 atom stereocenters. The molecule has 0 unspecified atom stereocenters. The predicted molar refractivity (Wildman–Crippen MR) is 105 cm³/mol. The molecule has 0 spiro atoms. The number of amides is 2. The van der Waals surface area contributed by atoms with E-state index in [-0.39, 0.29) is 24.2 Å². The van der Waals surface area contributed by atoms with E-state index in [1.165, 1.54) is 17.5 Å². The molecule has 0 saturated carbocycles. The first-order chi connectivity index (χ1) is 13.7. The quantitative estimate of drug-likeness (QED) is 0.892. The second-order valence-corrected chi connectivity index (χ2v) is 7.56. The van der Waals surface area contributed by atoms with E-state index in [0.29, 0.717) is 31.3 Å². The number of aryl methyl sites for hydroxylation is 2. The highest BCUT2D eigenvalue weighted by atomic mass is 16.6. The second-order valence-electron chi connectivity index (χ2n) is 7.56.